The minimum Gasteiger partial charge on any atom is -0.372 e. The second-order valence-electron chi connectivity index (χ2n) is 10.7. The Balaban J connectivity index is 1.59. The number of rotatable bonds is 8. The summed E-state index contributed by atoms with van der Waals surface area (Å²) in [5, 5.41) is 3.30. The van der Waals surface area contributed by atoms with E-state index in [9.17, 15) is 9.18 Å². The van der Waals surface area contributed by atoms with Gasteiger partial charge in [-0.05, 0) is 48.8 Å². The molecule has 1 N–H and O–H groups in total. The topological polar surface area (TPSA) is 56.2 Å². The minimum atomic E-state index is -0.983. The number of aromatic nitrogens is 2. The number of carbonyl (C=O) groups is 1. The van der Waals surface area contributed by atoms with Crippen molar-refractivity contribution in [3.63, 3.8) is 0 Å². The van der Waals surface area contributed by atoms with E-state index >= 15 is 4.39 Å². The predicted octanol–water partition coefficient (Wildman–Crippen LogP) is 7.13. The Labute approximate surface area is 223 Å². The molecular weight excluding hydrogens is 484 g/mol. The Morgan fingerprint density at radius 2 is 1.66 bits per heavy atom. The van der Waals surface area contributed by atoms with Gasteiger partial charge in [0, 0.05) is 25.5 Å². The Morgan fingerprint density at radius 1 is 0.974 bits per heavy atom. The van der Waals surface area contributed by atoms with Gasteiger partial charge in [-0.15, -0.1) is 0 Å². The standard InChI is InChI=1S/C31H37F2N3O2/c1-38-29(22-13-7-3-8-14-22)24-17-18-25(32)27(33)26(24)30-34-19-20-36(30)28(21-11-5-2-6-12-21)31(37)35-23-15-9-4-10-16-23/h3,7-8,13-14,17-21,23,28-29H,2,4-6,9-12,15-16H2,1H3,(H,35,37). The SMILES string of the molecule is COC(c1ccccc1)c1ccc(F)c(F)c1-c1nccn1C(C(=O)NC1CCCCC1)C1CCCCC1. The molecule has 0 bridgehead atoms. The van der Waals surface area contributed by atoms with E-state index in [0.717, 1.165) is 69.4 Å². The zero-order chi connectivity index (χ0) is 26.5. The van der Waals surface area contributed by atoms with Gasteiger partial charge < -0.3 is 14.6 Å². The molecule has 0 radical (unpaired) electrons. The number of hydrogen-bond acceptors (Lipinski definition) is 3. The number of methoxy groups -OCH3 is 1. The molecular formula is C31H37F2N3O2. The smallest absolute Gasteiger partial charge is 0.243 e. The molecule has 2 unspecified atom stereocenters. The van der Waals surface area contributed by atoms with Gasteiger partial charge in [0.25, 0.3) is 0 Å². The van der Waals surface area contributed by atoms with Crippen LogP contribution < -0.4 is 5.32 Å². The highest BCUT2D eigenvalue weighted by Crippen LogP contribution is 2.40. The van der Waals surface area contributed by atoms with Crippen LogP contribution in [0.2, 0.25) is 0 Å². The van der Waals surface area contributed by atoms with Crippen molar-refractivity contribution in [2.45, 2.75) is 82.4 Å². The van der Waals surface area contributed by atoms with Crippen LogP contribution in [0.15, 0.2) is 54.9 Å². The quantitative estimate of drug-likeness (QED) is 0.343. The van der Waals surface area contributed by atoms with Crippen molar-refractivity contribution in [3.8, 4) is 11.4 Å². The van der Waals surface area contributed by atoms with Crippen LogP contribution in [0, 0.1) is 17.6 Å². The van der Waals surface area contributed by atoms with Crippen molar-refractivity contribution in [2.24, 2.45) is 5.92 Å². The van der Waals surface area contributed by atoms with Crippen molar-refractivity contribution >= 4 is 5.91 Å². The average molecular weight is 522 g/mol. The van der Waals surface area contributed by atoms with Crippen LogP contribution in [0.25, 0.3) is 11.4 Å². The zero-order valence-corrected chi connectivity index (χ0v) is 22.0. The summed E-state index contributed by atoms with van der Waals surface area (Å²) in [6, 6.07) is 11.8. The maximum atomic E-state index is 15.7. The molecule has 2 saturated carbocycles. The van der Waals surface area contributed by atoms with Crippen molar-refractivity contribution in [2.75, 3.05) is 7.11 Å². The molecule has 2 aliphatic carbocycles. The summed E-state index contributed by atoms with van der Waals surface area (Å²) >= 11 is 0. The van der Waals surface area contributed by atoms with Gasteiger partial charge in [-0.25, -0.2) is 13.8 Å². The van der Waals surface area contributed by atoms with Crippen LogP contribution >= 0.6 is 0 Å². The molecule has 7 heteroatoms. The Morgan fingerprint density at radius 3 is 2.34 bits per heavy atom. The zero-order valence-electron chi connectivity index (χ0n) is 22.0. The molecule has 2 atom stereocenters. The largest absolute Gasteiger partial charge is 0.372 e. The van der Waals surface area contributed by atoms with Gasteiger partial charge in [0.15, 0.2) is 11.6 Å². The lowest BCUT2D eigenvalue weighted by Crippen LogP contribution is -2.43. The lowest BCUT2D eigenvalue weighted by Gasteiger charge is -2.33. The van der Waals surface area contributed by atoms with E-state index in [4.69, 9.17) is 4.74 Å². The predicted molar refractivity (Wildman–Crippen MR) is 144 cm³/mol. The number of imidazole rings is 1. The number of nitrogens with zero attached hydrogens (tertiary/aromatic N) is 2. The molecule has 1 amide bonds. The fourth-order valence-electron chi connectivity index (χ4n) is 6.36. The summed E-state index contributed by atoms with van der Waals surface area (Å²) in [6.07, 6.45) is 13.2. The van der Waals surface area contributed by atoms with E-state index in [1.165, 1.54) is 6.42 Å². The molecule has 0 saturated heterocycles. The highest BCUT2D eigenvalue weighted by molar-refractivity contribution is 5.82. The second kappa shape index (κ2) is 12.2. The number of amides is 1. The number of carbonyl (C=O) groups excluding carboxylic acids is 1. The summed E-state index contributed by atoms with van der Waals surface area (Å²) in [5.74, 6) is -1.63. The molecule has 0 aliphatic heterocycles. The first-order valence-electron chi connectivity index (χ1n) is 14.0. The molecule has 202 valence electrons. The van der Waals surface area contributed by atoms with Gasteiger partial charge in [0.2, 0.25) is 5.91 Å². The van der Waals surface area contributed by atoms with Gasteiger partial charge in [-0.1, -0.05) is 74.9 Å². The van der Waals surface area contributed by atoms with E-state index in [1.54, 1.807) is 30.1 Å². The van der Waals surface area contributed by atoms with E-state index < -0.39 is 23.8 Å². The summed E-state index contributed by atoms with van der Waals surface area (Å²) in [7, 11) is 1.55. The number of hydrogen-bond donors (Lipinski definition) is 1. The third-order valence-corrected chi connectivity index (χ3v) is 8.26. The van der Waals surface area contributed by atoms with Crippen LogP contribution in [0.4, 0.5) is 8.78 Å². The molecule has 1 aromatic heterocycles. The second-order valence-corrected chi connectivity index (χ2v) is 10.7. The number of halogens is 2. The summed E-state index contributed by atoms with van der Waals surface area (Å²) < 4.78 is 38.1. The third kappa shape index (κ3) is 5.53. The molecule has 2 aromatic carbocycles. The van der Waals surface area contributed by atoms with E-state index in [1.807, 2.05) is 30.3 Å². The van der Waals surface area contributed by atoms with Gasteiger partial charge in [0.05, 0.1) is 5.56 Å². The summed E-state index contributed by atoms with van der Waals surface area (Å²) in [6.45, 7) is 0. The Bertz CT molecular complexity index is 1220. The van der Waals surface area contributed by atoms with Crippen LogP contribution in [-0.2, 0) is 9.53 Å². The molecule has 3 aromatic rings. The maximum absolute atomic E-state index is 15.7. The fourth-order valence-corrected chi connectivity index (χ4v) is 6.36. The van der Waals surface area contributed by atoms with Crippen LogP contribution in [0.1, 0.15) is 87.5 Å². The highest BCUT2D eigenvalue weighted by atomic mass is 19.2. The third-order valence-electron chi connectivity index (χ3n) is 8.26. The number of ether oxygens (including phenoxy) is 1. The fraction of sp³-hybridized carbons (Fsp3) is 0.484. The first-order valence-corrected chi connectivity index (χ1v) is 14.0. The van der Waals surface area contributed by atoms with Crippen LogP contribution in [0.5, 0.6) is 0 Å². The van der Waals surface area contributed by atoms with Crippen molar-refractivity contribution in [1.29, 1.82) is 0 Å². The Kier molecular flexibility index (Phi) is 8.52. The van der Waals surface area contributed by atoms with Crippen molar-refractivity contribution < 1.29 is 18.3 Å². The van der Waals surface area contributed by atoms with Gasteiger partial charge in [-0.2, -0.15) is 0 Å². The summed E-state index contributed by atoms with van der Waals surface area (Å²) in [5.41, 5.74) is 1.33. The molecule has 1 heterocycles. The Hall–Kier alpha value is -3.06. The van der Waals surface area contributed by atoms with Crippen LogP contribution in [0.3, 0.4) is 0 Å². The highest BCUT2D eigenvalue weighted by Gasteiger charge is 2.35. The number of nitrogens with one attached hydrogen (secondary N) is 1. The first kappa shape index (κ1) is 26.5. The maximum Gasteiger partial charge on any atom is 0.243 e. The van der Waals surface area contributed by atoms with Crippen LogP contribution in [-0.4, -0.2) is 28.6 Å². The number of benzene rings is 2. The van der Waals surface area contributed by atoms with Gasteiger partial charge in [0.1, 0.15) is 18.0 Å². The summed E-state index contributed by atoms with van der Waals surface area (Å²) in [4.78, 5) is 18.4. The molecule has 2 fully saturated rings. The monoisotopic (exact) mass is 521 g/mol. The first-order chi connectivity index (χ1) is 18.6. The molecule has 5 nitrogen and oxygen atoms in total. The van der Waals surface area contributed by atoms with E-state index in [-0.39, 0.29) is 29.3 Å². The lowest BCUT2D eigenvalue weighted by molar-refractivity contribution is -0.127. The van der Waals surface area contributed by atoms with Gasteiger partial charge in [-0.3, -0.25) is 4.79 Å². The lowest BCUT2D eigenvalue weighted by atomic mass is 9.82. The average Bonchev–Trinajstić information content (AvgIpc) is 3.42. The molecule has 38 heavy (non-hydrogen) atoms. The van der Waals surface area contributed by atoms with E-state index in [2.05, 4.69) is 10.3 Å². The van der Waals surface area contributed by atoms with Crippen molar-refractivity contribution in [3.05, 3.63) is 77.6 Å². The van der Waals surface area contributed by atoms with E-state index in [0.29, 0.717) is 5.56 Å². The molecule has 5 rings (SSSR count). The molecule has 0 spiro atoms. The van der Waals surface area contributed by atoms with Gasteiger partial charge >= 0.3 is 0 Å². The van der Waals surface area contributed by atoms with Crippen molar-refractivity contribution in [1.82, 2.24) is 14.9 Å². The normalized spacial score (nSPS) is 18.7. The minimum absolute atomic E-state index is 0.0389. The molecule has 2 aliphatic rings.